The minimum atomic E-state index is -0.609. The number of hydrogen-bond acceptors (Lipinski definition) is 6. The summed E-state index contributed by atoms with van der Waals surface area (Å²) in [6.07, 6.45) is 6.07. The maximum absolute atomic E-state index is 12.2. The zero-order chi connectivity index (χ0) is 17.9. The third-order valence-corrected chi connectivity index (χ3v) is 4.47. The standard InChI is InChI=1S/C18H28O6/c1-4-18(23-3)24-16-11-15(20)13(14(16)12-19)9-7-5-6-8-10-17(21)22-2/h4,12-14,16,18H,1,5-11H2,2-3H3/t13-,14-,16-,18?/m1/s1. The topological polar surface area (TPSA) is 78.9 Å². The van der Waals surface area contributed by atoms with E-state index in [0.717, 1.165) is 32.0 Å². The third-order valence-electron chi connectivity index (χ3n) is 4.47. The molecular weight excluding hydrogens is 312 g/mol. The molecule has 0 amide bonds. The summed E-state index contributed by atoms with van der Waals surface area (Å²) >= 11 is 0. The van der Waals surface area contributed by atoms with Crippen molar-refractivity contribution in [2.24, 2.45) is 11.8 Å². The van der Waals surface area contributed by atoms with Gasteiger partial charge in [0.25, 0.3) is 0 Å². The highest BCUT2D eigenvalue weighted by molar-refractivity contribution is 5.88. The summed E-state index contributed by atoms with van der Waals surface area (Å²) in [6, 6.07) is 0. The molecule has 0 aromatic heterocycles. The van der Waals surface area contributed by atoms with Crippen molar-refractivity contribution in [3.8, 4) is 0 Å². The SMILES string of the molecule is C=CC(OC)O[C@@H]1CC(=O)[C@H](CCCCCCC(=O)OC)[C@H]1C=O. The predicted molar refractivity (Wildman–Crippen MR) is 88.3 cm³/mol. The van der Waals surface area contributed by atoms with Gasteiger partial charge in [0.15, 0.2) is 6.29 Å². The van der Waals surface area contributed by atoms with Gasteiger partial charge in [-0.2, -0.15) is 0 Å². The zero-order valence-corrected chi connectivity index (χ0v) is 14.6. The molecule has 1 aliphatic carbocycles. The monoisotopic (exact) mass is 340 g/mol. The first-order valence-electron chi connectivity index (χ1n) is 8.43. The van der Waals surface area contributed by atoms with Gasteiger partial charge in [0, 0.05) is 25.9 Å². The Balaban J connectivity index is 2.38. The van der Waals surface area contributed by atoms with E-state index < -0.39 is 18.3 Å². The maximum atomic E-state index is 12.2. The number of rotatable bonds is 12. The number of methoxy groups -OCH3 is 2. The molecule has 0 bridgehead atoms. The van der Waals surface area contributed by atoms with Crippen molar-refractivity contribution in [3.05, 3.63) is 12.7 Å². The van der Waals surface area contributed by atoms with Crippen molar-refractivity contribution < 1.29 is 28.6 Å². The van der Waals surface area contributed by atoms with Crippen molar-refractivity contribution in [2.45, 2.75) is 57.3 Å². The van der Waals surface area contributed by atoms with Crippen molar-refractivity contribution in [1.29, 1.82) is 0 Å². The van der Waals surface area contributed by atoms with E-state index in [1.54, 1.807) is 0 Å². The molecule has 1 unspecified atom stereocenters. The van der Waals surface area contributed by atoms with Gasteiger partial charge in [0.2, 0.25) is 0 Å². The van der Waals surface area contributed by atoms with Gasteiger partial charge in [0.1, 0.15) is 12.1 Å². The van der Waals surface area contributed by atoms with Crippen LogP contribution in [-0.4, -0.2) is 44.7 Å². The van der Waals surface area contributed by atoms with E-state index in [2.05, 4.69) is 11.3 Å². The molecule has 0 aliphatic heterocycles. The molecule has 24 heavy (non-hydrogen) atoms. The Morgan fingerprint density at radius 1 is 1.29 bits per heavy atom. The Hall–Kier alpha value is -1.53. The van der Waals surface area contributed by atoms with Crippen molar-refractivity contribution in [2.75, 3.05) is 14.2 Å². The van der Waals surface area contributed by atoms with Gasteiger partial charge in [-0.25, -0.2) is 0 Å². The Kier molecular flexibility index (Phi) is 9.49. The molecule has 0 N–H and O–H groups in total. The second kappa shape index (κ2) is 11.1. The number of ether oxygens (including phenoxy) is 3. The van der Waals surface area contributed by atoms with Gasteiger partial charge in [-0.15, -0.1) is 0 Å². The highest BCUT2D eigenvalue weighted by atomic mass is 16.7. The molecule has 6 nitrogen and oxygen atoms in total. The van der Waals surface area contributed by atoms with Crippen LogP contribution in [0.1, 0.15) is 44.9 Å². The lowest BCUT2D eigenvalue weighted by atomic mass is 9.90. The van der Waals surface area contributed by atoms with Crippen LogP contribution in [0.2, 0.25) is 0 Å². The van der Waals surface area contributed by atoms with Crippen LogP contribution in [0.3, 0.4) is 0 Å². The summed E-state index contributed by atoms with van der Waals surface area (Å²) in [5, 5.41) is 0. The molecule has 136 valence electrons. The Labute approximate surface area is 143 Å². The fourth-order valence-corrected chi connectivity index (χ4v) is 3.10. The van der Waals surface area contributed by atoms with Crippen molar-refractivity contribution in [3.63, 3.8) is 0 Å². The number of Topliss-reactive ketones (excluding diaryl/α,β-unsaturated/α-hetero) is 1. The molecule has 0 heterocycles. The van der Waals surface area contributed by atoms with Crippen LogP contribution in [0, 0.1) is 11.8 Å². The third kappa shape index (κ3) is 6.17. The average Bonchev–Trinajstić information content (AvgIpc) is 2.89. The normalized spacial score (nSPS) is 24.6. The number of esters is 1. The fourth-order valence-electron chi connectivity index (χ4n) is 3.10. The maximum Gasteiger partial charge on any atom is 0.305 e. The minimum absolute atomic E-state index is 0.0746. The highest BCUT2D eigenvalue weighted by Crippen LogP contribution is 2.34. The molecule has 1 fully saturated rings. The Morgan fingerprint density at radius 3 is 2.58 bits per heavy atom. The molecule has 4 atom stereocenters. The lowest BCUT2D eigenvalue weighted by Gasteiger charge is -2.22. The van der Waals surface area contributed by atoms with Gasteiger partial charge in [-0.05, 0) is 18.9 Å². The number of ketones is 1. The van der Waals surface area contributed by atoms with Gasteiger partial charge in [0.05, 0.1) is 19.1 Å². The molecule has 1 saturated carbocycles. The zero-order valence-electron chi connectivity index (χ0n) is 14.6. The second-order valence-corrected chi connectivity index (χ2v) is 6.03. The smallest absolute Gasteiger partial charge is 0.305 e. The Bertz CT molecular complexity index is 433. The first kappa shape index (κ1) is 20.5. The number of hydrogen-bond donors (Lipinski definition) is 0. The van der Waals surface area contributed by atoms with Gasteiger partial charge < -0.3 is 19.0 Å². The Morgan fingerprint density at radius 2 is 2.00 bits per heavy atom. The van der Waals surface area contributed by atoms with E-state index in [1.807, 2.05) is 0 Å². The average molecular weight is 340 g/mol. The van der Waals surface area contributed by atoms with Crippen LogP contribution in [0.4, 0.5) is 0 Å². The molecule has 0 radical (unpaired) electrons. The predicted octanol–water partition coefficient (Wildman–Crippen LogP) is 2.45. The quantitative estimate of drug-likeness (QED) is 0.178. The lowest BCUT2D eigenvalue weighted by molar-refractivity contribution is -0.144. The van der Waals surface area contributed by atoms with Crippen LogP contribution in [-0.2, 0) is 28.6 Å². The summed E-state index contributed by atoms with van der Waals surface area (Å²) in [5.74, 6) is -0.830. The van der Waals surface area contributed by atoms with Crippen LogP contribution in [0.5, 0.6) is 0 Å². The number of unbranched alkanes of at least 4 members (excludes halogenated alkanes) is 3. The van der Waals surface area contributed by atoms with E-state index in [4.69, 9.17) is 9.47 Å². The van der Waals surface area contributed by atoms with Crippen molar-refractivity contribution in [1.82, 2.24) is 0 Å². The van der Waals surface area contributed by atoms with E-state index in [9.17, 15) is 14.4 Å². The molecule has 1 rings (SSSR count). The van der Waals surface area contributed by atoms with E-state index in [-0.39, 0.29) is 24.1 Å². The van der Waals surface area contributed by atoms with E-state index in [1.165, 1.54) is 20.3 Å². The minimum Gasteiger partial charge on any atom is -0.469 e. The number of carbonyl (C=O) groups excluding carboxylic acids is 3. The largest absolute Gasteiger partial charge is 0.469 e. The summed E-state index contributed by atoms with van der Waals surface area (Å²) < 4.78 is 15.3. The molecule has 0 saturated heterocycles. The molecular formula is C18H28O6. The molecule has 1 aliphatic rings. The van der Waals surface area contributed by atoms with Crippen LogP contribution < -0.4 is 0 Å². The molecule has 0 aromatic carbocycles. The summed E-state index contributed by atoms with van der Waals surface area (Å²) in [6.45, 7) is 3.60. The number of aldehydes is 1. The molecule has 0 aromatic rings. The van der Waals surface area contributed by atoms with Gasteiger partial charge in [-0.1, -0.05) is 25.8 Å². The van der Waals surface area contributed by atoms with Crippen LogP contribution in [0.15, 0.2) is 12.7 Å². The van der Waals surface area contributed by atoms with Crippen LogP contribution in [0.25, 0.3) is 0 Å². The fraction of sp³-hybridized carbons (Fsp3) is 0.722. The van der Waals surface area contributed by atoms with Gasteiger partial charge in [-0.3, -0.25) is 9.59 Å². The van der Waals surface area contributed by atoms with Crippen molar-refractivity contribution >= 4 is 18.0 Å². The first-order valence-corrected chi connectivity index (χ1v) is 8.43. The second-order valence-electron chi connectivity index (χ2n) is 6.03. The highest BCUT2D eigenvalue weighted by Gasteiger charge is 2.43. The summed E-state index contributed by atoms with van der Waals surface area (Å²) in [4.78, 5) is 34.6. The molecule has 6 heteroatoms. The molecule has 0 spiro atoms. The van der Waals surface area contributed by atoms with Gasteiger partial charge >= 0.3 is 5.97 Å². The van der Waals surface area contributed by atoms with E-state index in [0.29, 0.717) is 12.8 Å². The lowest BCUT2D eigenvalue weighted by Crippen LogP contribution is -2.28. The van der Waals surface area contributed by atoms with E-state index >= 15 is 0 Å². The number of carbonyl (C=O) groups is 3. The summed E-state index contributed by atoms with van der Waals surface area (Å²) in [5.41, 5.74) is 0. The summed E-state index contributed by atoms with van der Waals surface area (Å²) in [7, 11) is 2.87. The first-order chi connectivity index (χ1) is 11.6. The van der Waals surface area contributed by atoms with Crippen LogP contribution >= 0.6 is 0 Å².